The second-order valence-electron chi connectivity index (χ2n) is 9.81. The highest BCUT2D eigenvalue weighted by Gasteiger charge is 2.50. The van der Waals surface area contributed by atoms with Crippen LogP contribution in [0.1, 0.15) is 55.2 Å². The molecule has 3 heterocycles. The topological polar surface area (TPSA) is 48.8 Å². The second kappa shape index (κ2) is 10.9. The van der Waals surface area contributed by atoms with Crippen LogP contribution in [0.3, 0.4) is 0 Å². The van der Waals surface area contributed by atoms with Gasteiger partial charge in [0.25, 0.3) is 5.91 Å². The highest BCUT2D eigenvalue weighted by molar-refractivity contribution is 6.10. The fourth-order valence-electron chi connectivity index (χ4n) is 5.62. The third kappa shape index (κ3) is 5.05. The minimum atomic E-state index is -1.34. The second-order valence-corrected chi connectivity index (χ2v) is 9.81. The van der Waals surface area contributed by atoms with Crippen LogP contribution in [0.5, 0.6) is 0 Å². The summed E-state index contributed by atoms with van der Waals surface area (Å²) in [6, 6.07) is 16.0. The monoisotopic (exact) mass is 502 g/mol. The van der Waals surface area contributed by atoms with E-state index in [4.69, 9.17) is 4.99 Å². The van der Waals surface area contributed by atoms with Crippen molar-refractivity contribution in [2.45, 2.75) is 44.1 Å². The summed E-state index contributed by atoms with van der Waals surface area (Å²) in [4.78, 5) is 27.4. The van der Waals surface area contributed by atoms with E-state index in [1.54, 1.807) is 29.2 Å². The smallest absolute Gasteiger partial charge is 0.265 e. The van der Waals surface area contributed by atoms with E-state index >= 15 is 0 Å². The van der Waals surface area contributed by atoms with E-state index < -0.39 is 5.54 Å². The van der Waals surface area contributed by atoms with Gasteiger partial charge in [0.1, 0.15) is 17.5 Å². The zero-order valence-electron chi connectivity index (χ0n) is 21.1. The molecule has 37 heavy (non-hydrogen) atoms. The van der Waals surface area contributed by atoms with E-state index in [2.05, 4.69) is 22.0 Å². The van der Waals surface area contributed by atoms with E-state index in [0.717, 1.165) is 38.9 Å². The van der Waals surface area contributed by atoms with Crippen molar-refractivity contribution in [3.63, 3.8) is 0 Å². The minimum Gasteiger partial charge on any atom is -0.303 e. The third-order valence-corrected chi connectivity index (χ3v) is 7.62. The van der Waals surface area contributed by atoms with Crippen molar-refractivity contribution in [1.29, 1.82) is 0 Å². The molecule has 1 aromatic heterocycles. The quantitative estimate of drug-likeness (QED) is 0.407. The van der Waals surface area contributed by atoms with Crippen LogP contribution in [0, 0.1) is 11.6 Å². The summed E-state index contributed by atoms with van der Waals surface area (Å²) >= 11 is 0. The van der Waals surface area contributed by atoms with Crippen molar-refractivity contribution in [2.24, 2.45) is 4.99 Å². The Balaban J connectivity index is 1.29. The van der Waals surface area contributed by atoms with Gasteiger partial charge in [-0.15, -0.1) is 0 Å². The summed E-state index contributed by atoms with van der Waals surface area (Å²) in [7, 11) is 0. The molecule has 0 radical (unpaired) electrons. The molecule has 1 fully saturated rings. The Morgan fingerprint density at radius 3 is 1.97 bits per heavy atom. The molecule has 1 saturated heterocycles. The van der Waals surface area contributed by atoms with Crippen LogP contribution in [0.2, 0.25) is 0 Å². The normalized spacial score (nSPS) is 18.3. The summed E-state index contributed by atoms with van der Waals surface area (Å²) in [6.45, 7) is 5.51. The molecule has 2 aliphatic rings. The number of piperidine rings is 1. The van der Waals surface area contributed by atoms with Crippen molar-refractivity contribution in [2.75, 3.05) is 26.2 Å². The van der Waals surface area contributed by atoms with Gasteiger partial charge in [-0.1, -0.05) is 31.2 Å². The number of amidine groups is 1. The predicted octanol–water partition coefficient (Wildman–Crippen LogP) is 5.52. The van der Waals surface area contributed by atoms with Gasteiger partial charge in [-0.3, -0.25) is 14.7 Å². The van der Waals surface area contributed by atoms with E-state index in [0.29, 0.717) is 35.8 Å². The van der Waals surface area contributed by atoms with Gasteiger partial charge in [-0.05, 0) is 97.9 Å². The van der Waals surface area contributed by atoms with Gasteiger partial charge in [0, 0.05) is 25.4 Å². The van der Waals surface area contributed by atoms with E-state index in [1.807, 2.05) is 19.3 Å². The van der Waals surface area contributed by atoms with Gasteiger partial charge in [0.2, 0.25) is 0 Å². The van der Waals surface area contributed by atoms with E-state index in [-0.39, 0.29) is 17.5 Å². The van der Waals surface area contributed by atoms with Crippen molar-refractivity contribution in [3.8, 4) is 0 Å². The number of likely N-dealkylation sites (tertiary alicyclic amines) is 1. The van der Waals surface area contributed by atoms with Crippen molar-refractivity contribution >= 4 is 11.7 Å². The van der Waals surface area contributed by atoms with Crippen molar-refractivity contribution in [1.82, 2.24) is 14.8 Å². The predicted molar refractivity (Wildman–Crippen MR) is 140 cm³/mol. The van der Waals surface area contributed by atoms with E-state index in [9.17, 15) is 13.6 Å². The lowest BCUT2D eigenvalue weighted by atomic mass is 9.82. The molecule has 0 N–H and O–H groups in total. The molecular formula is C30H32F2N4O. The number of amides is 1. The molecule has 192 valence electrons. The summed E-state index contributed by atoms with van der Waals surface area (Å²) in [5, 5.41) is 0. The number of hydrogen-bond acceptors (Lipinski definition) is 4. The molecule has 0 spiro atoms. The van der Waals surface area contributed by atoms with Crippen LogP contribution in [0.4, 0.5) is 8.78 Å². The van der Waals surface area contributed by atoms with Crippen LogP contribution in [0.15, 0.2) is 78.0 Å². The molecule has 1 amide bonds. The molecule has 0 unspecified atom stereocenters. The number of pyridine rings is 1. The molecule has 2 aromatic carbocycles. The zero-order chi connectivity index (χ0) is 25.8. The number of nitrogens with zero attached hydrogens (tertiary/aromatic N) is 4. The van der Waals surface area contributed by atoms with Crippen molar-refractivity contribution in [3.05, 3.63) is 101 Å². The Morgan fingerprint density at radius 2 is 1.43 bits per heavy atom. The number of benzene rings is 2. The highest BCUT2D eigenvalue weighted by Crippen LogP contribution is 2.41. The summed E-state index contributed by atoms with van der Waals surface area (Å²) in [6.07, 6.45) is 7.37. The van der Waals surface area contributed by atoms with Crippen LogP contribution >= 0.6 is 0 Å². The number of carbonyl (C=O) groups is 1. The molecule has 0 atom stereocenters. The lowest BCUT2D eigenvalue weighted by Crippen LogP contribution is -2.43. The lowest BCUT2D eigenvalue weighted by Gasteiger charge is -2.33. The van der Waals surface area contributed by atoms with Gasteiger partial charge in [-0.2, -0.15) is 0 Å². The van der Waals surface area contributed by atoms with Gasteiger partial charge in [-0.25, -0.2) is 13.8 Å². The molecule has 2 aliphatic heterocycles. The van der Waals surface area contributed by atoms with Gasteiger partial charge in [0.05, 0.1) is 0 Å². The lowest BCUT2D eigenvalue weighted by molar-refractivity contribution is -0.130. The third-order valence-electron chi connectivity index (χ3n) is 7.62. The summed E-state index contributed by atoms with van der Waals surface area (Å²) in [5.74, 6) is 0.347. The first kappa shape index (κ1) is 25.2. The number of carbonyl (C=O) groups excluding carboxylic acids is 1. The first-order valence-electron chi connectivity index (χ1n) is 13.1. The SMILES string of the molecule is CCC1=NC(c2ccc(F)cc2)(c2ccc(F)cc2)C(=O)N1CCCN1CCC(c2ccncc2)CC1. The molecule has 0 bridgehead atoms. The van der Waals surface area contributed by atoms with Gasteiger partial charge >= 0.3 is 0 Å². The Kier molecular flexibility index (Phi) is 7.42. The van der Waals surface area contributed by atoms with Crippen LogP contribution in [-0.4, -0.2) is 52.7 Å². The fourth-order valence-corrected chi connectivity index (χ4v) is 5.62. The standard InChI is InChI=1S/C30H32F2N4O/c1-2-28-34-30(24-4-8-26(31)9-5-24,25-6-10-27(32)11-7-25)29(37)36(28)19-3-18-35-20-14-23(15-21-35)22-12-16-33-17-13-22/h4-13,16-17,23H,2-3,14-15,18-21H2,1H3. The Bertz CT molecular complexity index is 1190. The average molecular weight is 503 g/mol. The van der Waals surface area contributed by atoms with E-state index in [1.165, 1.54) is 29.8 Å². The average Bonchev–Trinajstić information content (AvgIpc) is 3.22. The molecule has 3 aromatic rings. The van der Waals surface area contributed by atoms with Crippen molar-refractivity contribution < 1.29 is 13.6 Å². The number of rotatable bonds is 8. The molecule has 0 saturated carbocycles. The molecule has 0 aliphatic carbocycles. The highest BCUT2D eigenvalue weighted by atomic mass is 19.1. The maximum absolute atomic E-state index is 14.1. The number of halogens is 2. The number of aromatic nitrogens is 1. The first-order valence-corrected chi connectivity index (χ1v) is 13.1. The summed E-state index contributed by atoms with van der Waals surface area (Å²) in [5.41, 5.74) is 1.18. The number of hydrogen-bond donors (Lipinski definition) is 0. The van der Waals surface area contributed by atoms with Crippen LogP contribution in [0.25, 0.3) is 0 Å². The maximum atomic E-state index is 14.1. The minimum absolute atomic E-state index is 0.168. The zero-order valence-corrected chi connectivity index (χ0v) is 21.1. The molecule has 5 nitrogen and oxygen atoms in total. The van der Waals surface area contributed by atoms with Crippen LogP contribution in [-0.2, 0) is 10.3 Å². The Labute approximate surface area is 216 Å². The Hall–Kier alpha value is -3.45. The largest absolute Gasteiger partial charge is 0.303 e. The van der Waals surface area contributed by atoms with Crippen LogP contribution < -0.4 is 0 Å². The van der Waals surface area contributed by atoms with Gasteiger partial charge in [0.15, 0.2) is 5.54 Å². The fraction of sp³-hybridized carbons (Fsp3) is 0.367. The summed E-state index contributed by atoms with van der Waals surface area (Å²) < 4.78 is 27.5. The van der Waals surface area contributed by atoms with Gasteiger partial charge < -0.3 is 4.90 Å². The molecular weight excluding hydrogens is 470 g/mol. The Morgan fingerprint density at radius 1 is 0.865 bits per heavy atom. The molecule has 5 rings (SSSR count). The molecule has 7 heteroatoms. The first-order chi connectivity index (χ1) is 18.0. The number of aliphatic imine (C=N–C) groups is 1. The maximum Gasteiger partial charge on any atom is 0.265 e.